The molecular formula is C37H48O11. The Kier molecular flexibility index (Phi) is 14.3. The third-order valence-electron chi connectivity index (χ3n) is 8.63. The maximum absolute atomic E-state index is 11.4. The largest absolute Gasteiger partial charge is 0.382 e. The normalized spacial score (nSPS) is 30.7. The second-order valence-corrected chi connectivity index (χ2v) is 11.8. The summed E-state index contributed by atoms with van der Waals surface area (Å²) in [6.45, 7) is 1.02. The van der Waals surface area contributed by atoms with Gasteiger partial charge in [0.05, 0.1) is 33.0 Å². The van der Waals surface area contributed by atoms with E-state index in [1.807, 2.05) is 91.0 Å². The summed E-state index contributed by atoms with van der Waals surface area (Å²) in [5.41, 5.74) is 2.89. The number of hydrogen-bond donors (Lipinski definition) is 1. The molecule has 1 N–H and O–H groups in total. The van der Waals surface area contributed by atoms with E-state index in [1.165, 1.54) is 0 Å². The standard InChI is InChI=1S/C37H48O11/c1-39-23-28-30(40-2)32(41-3)35(42-4)37(48-28)46-24-29-31(43-20-25-14-8-5-9-15-25)33(44-21-26-16-10-6-11-17-26)34(36(38)47-29)45-22-27-18-12-7-13-19-27/h5-19,28-38H,20-24H2,1-4H3/t28-,29-,30+,31-,32+,33+,34-,35-,36+,37+/m1/s1. The van der Waals surface area contributed by atoms with Crippen molar-refractivity contribution in [2.24, 2.45) is 0 Å². The van der Waals surface area contributed by atoms with E-state index in [0.29, 0.717) is 0 Å². The van der Waals surface area contributed by atoms with Crippen molar-refractivity contribution in [2.75, 3.05) is 41.7 Å². The molecule has 3 aromatic rings. The lowest BCUT2D eigenvalue weighted by Gasteiger charge is -2.46. The fourth-order valence-corrected chi connectivity index (χ4v) is 6.20. The van der Waals surface area contributed by atoms with Crippen LogP contribution in [0.5, 0.6) is 0 Å². The summed E-state index contributed by atoms with van der Waals surface area (Å²) < 4.78 is 61.1. The van der Waals surface area contributed by atoms with Crippen LogP contribution in [-0.2, 0) is 67.2 Å². The lowest BCUT2D eigenvalue weighted by atomic mass is 9.97. The molecule has 2 saturated heterocycles. The molecule has 2 aliphatic rings. The number of methoxy groups -OCH3 is 4. The molecular weight excluding hydrogens is 620 g/mol. The minimum absolute atomic E-state index is 0.0224. The number of aliphatic hydroxyl groups excluding tert-OH is 1. The first-order valence-electron chi connectivity index (χ1n) is 16.2. The van der Waals surface area contributed by atoms with E-state index in [0.717, 1.165) is 16.7 Å². The van der Waals surface area contributed by atoms with Gasteiger partial charge in [-0.2, -0.15) is 0 Å². The average molecular weight is 669 g/mol. The molecule has 3 aromatic carbocycles. The highest BCUT2D eigenvalue weighted by Gasteiger charge is 2.51. The third-order valence-corrected chi connectivity index (χ3v) is 8.63. The Labute approximate surface area is 282 Å². The highest BCUT2D eigenvalue weighted by Crippen LogP contribution is 2.32. The summed E-state index contributed by atoms with van der Waals surface area (Å²) in [6.07, 6.45) is -7.34. The molecule has 11 heteroatoms. The van der Waals surface area contributed by atoms with Gasteiger partial charge in [0.25, 0.3) is 0 Å². The third kappa shape index (κ3) is 9.46. The molecule has 0 aromatic heterocycles. The van der Waals surface area contributed by atoms with Crippen LogP contribution in [0.15, 0.2) is 91.0 Å². The lowest BCUT2D eigenvalue weighted by Crippen LogP contribution is -2.63. The highest BCUT2D eigenvalue weighted by molar-refractivity contribution is 5.15. The zero-order chi connectivity index (χ0) is 33.7. The molecule has 2 heterocycles. The van der Waals surface area contributed by atoms with E-state index in [1.54, 1.807) is 28.4 Å². The Morgan fingerprint density at radius 3 is 1.42 bits per heavy atom. The molecule has 5 rings (SSSR count). The zero-order valence-corrected chi connectivity index (χ0v) is 28.0. The van der Waals surface area contributed by atoms with E-state index < -0.39 is 61.4 Å². The molecule has 2 aliphatic heterocycles. The SMILES string of the molecule is COC[C@H]1O[C@H](OC[C@H]2O[C@H](O)[C@H](OCc3ccccc3)[C@@H](OCc3ccccc3)[C@@H]2OCc2ccccc2)[C@H](OC)[C@@H](OC)[C@H]1OC. The van der Waals surface area contributed by atoms with Crippen LogP contribution in [0.2, 0.25) is 0 Å². The number of hydrogen-bond acceptors (Lipinski definition) is 11. The Balaban J connectivity index is 1.40. The van der Waals surface area contributed by atoms with Crippen molar-refractivity contribution in [3.05, 3.63) is 108 Å². The van der Waals surface area contributed by atoms with E-state index in [4.69, 9.17) is 47.4 Å². The highest BCUT2D eigenvalue weighted by atomic mass is 16.7. The van der Waals surface area contributed by atoms with Crippen molar-refractivity contribution in [2.45, 2.75) is 81.2 Å². The molecule has 0 aliphatic carbocycles. The molecule has 0 amide bonds. The van der Waals surface area contributed by atoms with Gasteiger partial charge in [-0.05, 0) is 16.7 Å². The first kappa shape index (κ1) is 36.5. The molecule has 10 atom stereocenters. The zero-order valence-electron chi connectivity index (χ0n) is 28.0. The molecule has 0 unspecified atom stereocenters. The smallest absolute Gasteiger partial charge is 0.187 e. The van der Waals surface area contributed by atoms with Crippen molar-refractivity contribution < 1.29 is 52.5 Å². The van der Waals surface area contributed by atoms with E-state index >= 15 is 0 Å². The summed E-state index contributed by atoms with van der Waals surface area (Å²) in [4.78, 5) is 0. The van der Waals surface area contributed by atoms with Crippen molar-refractivity contribution in [1.82, 2.24) is 0 Å². The quantitative estimate of drug-likeness (QED) is 0.226. The van der Waals surface area contributed by atoms with Gasteiger partial charge in [-0.1, -0.05) is 91.0 Å². The predicted octanol–water partition coefficient (Wildman–Crippen LogP) is 3.89. The van der Waals surface area contributed by atoms with Gasteiger partial charge < -0.3 is 52.5 Å². The van der Waals surface area contributed by atoms with Gasteiger partial charge in [-0.3, -0.25) is 0 Å². The van der Waals surface area contributed by atoms with Gasteiger partial charge in [0, 0.05) is 28.4 Å². The minimum atomic E-state index is -1.34. The van der Waals surface area contributed by atoms with Gasteiger partial charge in [0.2, 0.25) is 0 Å². The average Bonchev–Trinajstić information content (AvgIpc) is 3.13. The lowest BCUT2D eigenvalue weighted by molar-refractivity contribution is -0.342. The number of rotatable bonds is 17. The first-order valence-corrected chi connectivity index (χ1v) is 16.2. The number of aliphatic hydroxyl groups is 1. The van der Waals surface area contributed by atoms with Crippen LogP contribution < -0.4 is 0 Å². The molecule has 2 fully saturated rings. The molecule has 11 nitrogen and oxygen atoms in total. The summed E-state index contributed by atoms with van der Waals surface area (Å²) in [5, 5.41) is 11.4. The fourth-order valence-electron chi connectivity index (χ4n) is 6.20. The van der Waals surface area contributed by atoms with Crippen molar-refractivity contribution in [3.8, 4) is 0 Å². The van der Waals surface area contributed by atoms with Crippen LogP contribution in [0.4, 0.5) is 0 Å². The summed E-state index contributed by atoms with van der Waals surface area (Å²) in [6, 6.07) is 29.4. The Morgan fingerprint density at radius 2 is 0.938 bits per heavy atom. The van der Waals surface area contributed by atoms with E-state index in [2.05, 4.69) is 0 Å². The van der Waals surface area contributed by atoms with Gasteiger partial charge in [0.15, 0.2) is 12.6 Å². The Bertz CT molecular complexity index is 1300. The fraction of sp³-hybridized carbons (Fsp3) is 0.514. The number of ether oxygens (including phenoxy) is 10. The molecule has 262 valence electrons. The second-order valence-electron chi connectivity index (χ2n) is 11.8. The Morgan fingerprint density at radius 1 is 0.479 bits per heavy atom. The van der Waals surface area contributed by atoms with Gasteiger partial charge >= 0.3 is 0 Å². The van der Waals surface area contributed by atoms with Gasteiger partial charge in [-0.15, -0.1) is 0 Å². The van der Waals surface area contributed by atoms with Gasteiger partial charge in [0.1, 0.15) is 48.8 Å². The van der Waals surface area contributed by atoms with Crippen molar-refractivity contribution >= 4 is 0 Å². The van der Waals surface area contributed by atoms with Crippen LogP contribution in [0.25, 0.3) is 0 Å². The van der Waals surface area contributed by atoms with Crippen LogP contribution in [-0.4, -0.2) is 108 Å². The molecule has 0 spiro atoms. The van der Waals surface area contributed by atoms with Crippen molar-refractivity contribution in [1.29, 1.82) is 0 Å². The second kappa shape index (κ2) is 18.8. The summed E-state index contributed by atoms with van der Waals surface area (Å²) in [5.74, 6) is 0. The molecule has 48 heavy (non-hydrogen) atoms. The van der Waals surface area contributed by atoms with Crippen LogP contribution in [0.3, 0.4) is 0 Å². The van der Waals surface area contributed by atoms with Crippen LogP contribution >= 0.6 is 0 Å². The Hall–Kier alpha value is -2.78. The van der Waals surface area contributed by atoms with Gasteiger partial charge in [-0.25, -0.2) is 0 Å². The van der Waals surface area contributed by atoms with Crippen molar-refractivity contribution in [3.63, 3.8) is 0 Å². The van der Waals surface area contributed by atoms with Crippen LogP contribution in [0, 0.1) is 0 Å². The maximum atomic E-state index is 11.4. The van der Waals surface area contributed by atoms with E-state index in [-0.39, 0.29) is 33.0 Å². The topological polar surface area (TPSA) is 113 Å². The summed E-state index contributed by atoms with van der Waals surface area (Å²) in [7, 11) is 6.34. The minimum Gasteiger partial charge on any atom is -0.382 e. The van der Waals surface area contributed by atoms with Crippen LogP contribution in [0.1, 0.15) is 16.7 Å². The summed E-state index contributed by atoms with van der Waals surface area (Å²) >= 11 is 0. The maximum Gasteiger partial charge on any atom is 0.187 e. The molecule has 0 saturated carbocycles. The first-order chi connectivity index (χ1) is 23.6. The monoisotopic (exact) mass is 668 g/mol. The predicted molar refractivity (Wildman–Crippen MR) is 175 cm³/mol. The number of benzene rings is 3. The van der Waals surface area contributed by atoms with E-state index in [9.17, 15) is 5.11 Å². The molecule has 0 bridgehead atoms. The molecule has 0 radical (unpaired) electrons.